The van der Waals surface area contributed by atoms with Gasteiger partial charge in [-0.25, -0.2) is 4.79 Å². The fourth-order valence-electron chi connectivity index (χ4n) is 3.59. The third kappa shape index (κ3) is 5.49. The molecule has 0 unspecified atom stereocenters. The maximum absolute atomic E-state index is 13.1. The minimum atomic E-state index is 0.00551. The third-order valence-electron chi connectivity index (χ3n) is 5.47. The Morgan fingerprint density at radius 1 is 1.07 bits per heavy atom. The molecule has 0 aromatic heterocycles. The van der Waals surface area contributed by atoms with Crippen LogP contribution in [-0.2, 0) is 13.1 Å². The molecule has 0 aliphatic carbocycles. The van der Waals surface area contributed by atoms with E-state index in [0.29, 0.717) is 13.1 Å². The van der Waals surface area contributed by atoms with Gasteiger partial charge in [0, 0.05) is 19.1 Å². The Labute approximate surface area is 168 Å². The van der Waals surface area contributed by atoms with Crippen molar-refractivity contribution >= 4 is 6.03 Å². The van der Waals surface area contributed by atoms with Crippen LogP contribution in [0, 0.1) is 6.92 Å². The van der Waals surface area contributed by atoms with E-state index in [-0.39, 0.29) is 12.1 Å². The number of hydrogen-bond donors (Lipinski definition) is 1. The highest BCUT2D eigenvalue weighted by atomic mass is 16.5. The number of nitrogens with one attached hydrogen (secondary N) is 1. The average molecular weight is 382 g/mol. The zero-order chi connectivity index (χ0) is 19.9. The molecule has 1 aliphatic rings. The number of ether oxygens (including phenoxy) is 1. The predicted molar refractivity (Wildman–Crippen MR) is 112 cm³/mol. The van der Waals surface area contributed by atoms with Crippen LogP contribution < -0.4 is 10.1 Å². The summed E-state index contributed by atoms with van der Waals surface area (Å²) in [6, 6.07) is 16.5. The van der Waals surface area contributed by atoms with E-state index in [1.807, 2.05) is 29.2 Å². The molecule has 0 radical (unpaired) electrons. The fourth-order valence-corrected chi connectivity index (χ4v) is 3.59. The van der Waals surface area contributed by atoms with E-state index in [1.165, 1.54) is 11.1 Å². The maximum atomic E-state index is 13.1. The number of carbonyl (C=O) groups is 1. The molecule has 0 atom stereocenters. The van der Waals surface area contributed by atoms with Crippen molar-refractivity contribution in [2.75, 3.05) is 27.2 Å². The molecule has 0 saturated carbocycles. The predicted octanol–water partition coefficient (Wildman–Crippen LogP) is 3.81. The fraction of sp³-hybridized carbons (Fsp3) is 0.435. The zero-order valence-electron chi connectivity index (χ0n) is 17.1. The van der Waals surface area contributed by atoms with Gasteiger partial charge in [0.1, 0.15) is 5.75 Å². The Bertz CT molecular complexity index is 750. The second kappa shape index (κ2) is 9.60. The van der Waals surface area contributed by atoms with E-state index in [2.05, 4.69) is 48.5 Å². The zero-order valence-corrected chi connectivity index (χ0v) is 17.1. The molecule has 1 fully saturated rings. The molecule has 1 heterocycles. The minimum Gasteiger partial charge on any atom is -0.497 e. The van der Waals surface area contributed by atoms with Gasteiger partial charge in [-0.3, -0.25) is 0 Å². The van der Waals surface area contributed by atoms with Crippen molar-refractivity contribution < 1.29 is 9.53 Å². The summed E-state index contributed by atoms with van der Waals surface area (Å²) in [6.07, 6.45) is 2.02. The van der Waals surface area contributed by atoms with Gasteiger partial charge in [-0.2, -0.15) is 0 Å². The second-order valence-electron chi connectivity index (χ2n) is 7.65. The Kier molecular flexibility index (Phi) is 6.93. The third-order valence-corrected chi connectivity index (χ3v) is 5.47. The van der Waals surface area contributed by atoms with Gasteiger partial charge in [0.15, 0.2) is 0 Å². The van der Waals surface area contributed by atoms with Crippen molar-refractivity contribution in [3.05, 3.63) is 65.2 Å². The number of carbonyl (C=O) groups excluding carboxylic acids is 1. The number of amides is 2. The number of piperidine rings is 1. The smallest absolute Gasteiger partial charge is 0.318 e. The molecule has 1 saturated heterocycles. The molecule has 2 aromatic rings. The molecule has 5 heteroatoms. The van der Waals surface area contributed by atoms with Crippen molar-refractivity contribution in [3.8, 4) is 5.75 Å². The first-order valence-corrected chi connectivity index (χ1v) is 9.96. The van der Waals surface area contributed by atoms with Gasteiger partial charge >= 0.3 is 6.03 Å². The summed E-state index contributed by atoms with van der Waals surface area (Å²) in [5.41, 5.74) is 3.47. The lowest BCUT2D eigenvalue weighted by Crippen LogP contribution is -2.49. The van der Waals surface area contributed by atoms with Crippen LogP contribution >= 0.6 is 0 Å². The summed E-state index contributed by atoms with van der Waals surface area (Å²) < 4.78 is 5.20. The van der Waals surface area contributed by atoms with E-state index in [0.717, 1.165) is 37.2 Å². The Hall–Kier alpha value is -2.53. The number of nitrogens with zero attached hydrogens (tertiary/aromatic N) is 2. The lowest BCUT2D eigenvalue weighted by atomic mass is 10.0. The summed E-state index contributed by atoms with van der Waals surface area (Å²) in [5.74, 6) is 0.822. The topological polar surface area (TPSA) is 44.8 Å². The summed E-state index contributed by atoms with van der Waals surface area (Å²) in [5, 5.41) is 3.11. The molecular weight excluding hydrogens is 350 g/mol. The summed E-state index contributed by atoms with van der Waals surface area (Å²) in [4.78, 5) is 17.4. The normalized spacial score (nSPS) is 15.2. The number of hydrogen-bond acceptors (Lipinski definition) is 3. The Morgan fingerprint density at radius 3 is 2.29 bits per heavy atom. The number of urea groups is 1. The van der Waals surface area contributed by atoms with Gasteiger partial charge in [0.25, 0.3) is 0 Å². The van der Waals surface area contributed by atoms with Crippen LogP contribution in [0.3, 0.4) is 0 Å². The number of methoxy groups -OCH3 is 1. The summed E-state index contributed by atoms with van der Waals surface area (Å²) >= 11 is 0. The molecule has 150 valence electrons. The van der Waals surface area contributed by atoms with Gasteiger partial charge in [0.05, 0.1) is 7.11 Å². The molecule has 1 aliphatic heterocycles. The largest absolute Gasteiger partial charge is 0.497 e. The minimum absolute atomic E-state index is 0.00551. The Balaban J connectivity index is 1.67. The van der Waals surface area contributed by atoms with Crippen LogP contribution in [0.15, 0.2) is 48.5 Å². The molecule has 2 aromatic carbocycles. The van der Waals surface area contributed by atoms with Crippen molar-refractivity contribution in [2.24, 2.45) is 0 Å². The van der Waals surface area contributed by atoms with Crippen molar-refractivity contribution in [1.82, 2.24) is 15.1 Å². The molecule has 1 N–H and O–H groups in total. The monoisotopic (exact) mass is 381 g/mol. The van der Waals surface area contributed by atoms with Gasteiger partial charge < -0.3 is 19.9 Å². The van der Waals surface area contributed by atoms with Gasteiger partial charge in [0.2, 0.25) is 0 Å². The number of likely N-dealkylation sites (tertiary alicyclic amines) is 1. The standard InChI is InChI=1S/C23H31N3O2/c1-18-4-6-20(7-5-18)17-26(21-12-14-25(2)15-13-21)23(27)24-16-19-8-10-22(28-3)11-9-19/h4-11,21H,12-17H2,1-3H3,(H,24,27). The number of aryl methyl sites for hydroxylation is 1. The van der Waals surface area contributed by atoms with Crippen LogP contribution in [0.5, 0.6) is 5.75 Å². The Morgan fingerprint density at radius 2 is 1.68 bits per heavy atom. The molecule has 0 spiro atoms. The van der Waals surface area contributed by atoms with E-state index < -0.39 is 0 Å². The van der Waals surface area contributed by atoms with E-state index >= 15 is 0 Å². The highest BCUT2D eigenvalue weighted by Crippen LogP contribution is 2.19. The van der Waals surface area contributed by atoms with Crippen LogP contribution in [0.25, 0.3) is 0 Å². The molecule has 2 amide bonds. The van der Waals surface area contributed by atoms with Crippen molar-refractivity contribution in [1.29, 1.82) is 0 Å². The van der Waals surface area contributed by atoms with Crippen molar-refractivity contribution in [2.45, 2.75) is 38.9 Å². The highest BCUT2D eigenvalue weighted by molar-refractivity contribution is 5.74. The van der Waals surface area contributed by atoms with Gasteiger partial charge in [-0.15, -0.1) is 0 Å². The van der Waals surface area contributed by atoms with Gasteiger partial charge in [-0.05, 0) is 63.2 Å². The summed E-state index contributed by atoms with van der Waals surface area (Å²) in [6.45, 7) is 5.30. The maximum Gasteiger partial charge on any atom is 0.318 e. The van der Waals surface area contributed by atoms with Crippen LogP contribution in [-0.4, -0.2) is 49.1 Å². The van der Waals surface area contributed by atoms with E-state index in [4.69, 9.17) is 4.74 Å². The lowest BCUT2D eigenvalue weighted by molar-refractivity contribution is 0.127. The quantitative estimate of drug-likeness (QED) is 0.828. The van der Waals surface area contributed by atoms with Crippen LogP contribution in [0.2, 0.25) is 0 Å². The first-order chi connectivity index (χ1) is 13.5. The molecular formula is C23H31N3O2. The average Bonchev–Trinajstić information content (AvgIpc) is 2.73. The van der Waals surface area contributed by atoms with E-state index in [9.17, 15) is 4.79 Å². The second-order valence-corrected chi connectivity index (χ2v) is 7.65. The van der Waals surface area contributed by atoms with Gasteiger partial charge in [-0.1, -0.05) is 42.0 Å². The number of benzene rings is 2. The van der Waals surface area contributed by atoms with E-state index in [1.54, 1.807) is 7.11 Å². The van der Waals surface area contributed by atoms with Crippen LogP contribution in [0.4, 0.5) is 4.79 Å². The molecule has 5 nitrogen and oxygen atoms in total. The summed E-state index contributed by atoms with van der Waals surface area (Å²) in [7, 11) is 3.80. The number of rotatable bonds is 6. The van der Waals surface area contributed by atoms with Crippen LogP contribution in [0.1, 0.15) is 29.5 Å². The first-order valence-electron chi connectivity index (χ1n) is 9.96. The van der Waals surface area contributed by atoms with Crippen molar-refractivity contribution in [3.63, 3.8) is 0 Å². The SMILES string of the molecule is COc1ccc(CNC(=O)N(Cc2ccc(C)cc2)C2CCN(C)CC2)cc1. The molecule has 28 heavy (non-hydrogen) atoms. The molecule has 3 rings (SSSR count). The highest BCUT2D eigenvalue weighted by Gasteiger charge is 2.27. The lowest BCUT2D eigenvalue weighted by Gasteiger charge is -2.37. The first kappa shape index (κ1) is 20.2. The molecule has 0 bridgehead atoms.